The van der Waals surface area contributed by atoms with Crippen LogP contribution in [0.5, 0.6) is 0 Å². The molecule has 0 saturated heterocycles. The zero-order valence-electron chi connectivity index (χ0n) is 36.4. The zero-order valence-corrected chi connectivity index (χ0v) is 49.3. The van der Waals surface area contributed by atoms with Gasteiger partial charge in [0.15, 0.2) is 0 Å². The maximum absolute atomic E-state index is 12.8. The second kappa shape index (κ2) is 33.4. The topological polar surface area (TPSA) is 167 Å². The highest BCUT2D eigenvalue weighted by Gasteiger charge is 2.45. The van der Waals surface area contributed by atoms with Crippen molar-refractivity contribution in [2.24, 2.45) is 0 Å². The predicted octanol–water partition coefficient (Wildman–Crippen LogP) is 5.90. The van der Waals surface area contributed by atoms with E-state index in [-0.39, 0.29) is 0 Å². The molecule has 0 aliphatic heterocycles. The van der Waals surface area contributed by atoms with E-state index in [1.54, 1.807) is 6.55 Å². The second-order valence-electron chi connectivity index (χ2n) is 15.8. The minimum Gasteiger partial charge on any atom is -0.561 e. The Morgan fingerprint density at radius 3 is 1.36 bits per heavy atom. The summed E-state index contributed by atoms with van der Waals surface area (Å²) in [6.07, 6.45) is 24.6. The SMILES string of the molecule is CCCCCCCCCCCCO[Si](C)(C)O[SiH2][Si](=O)[Si](=O)[Si](=O)[Si](=O)[Si](=O)O[SiH](C)O[SiH2][Si](=O)O[Si](C)(C)O[Si](C)(C)OCCCCCCCCCCCC. The number of hydrogen-bond acceptors (Lipinski definition) is 13. The normalized spacial score (nSPS) is 13.1. The van der Waals surface area contributed by atoms with Crippen molar-refractivity contribution in [2.75, 3.05) is 13.2 Å². The lowest BCUT2D eigenvalue weighted by atomic mass is 10.1. The van der Waals surface area contributed by atoms with Gasteiger partial charge in [0.25, 0.3) is 9.28 Å². The highest BCUT2D eigenvalue weighted by atomic mass is 29.9. The molecule has 0 aliphatic rings. The Bertz CT molecular complexity index is 1180. The van der Waals surface area contributed by atoms with E-state index in [1.807, 2.05) is 39.3 Å². The Morgan fingerprint density at radius 1 is 0.500 bits per heavy atom. The van der Waals surface area contributed by atoms with Gasteiger partial charge in [-0.15, -0.1) is 0 Å². The number of unbranched alkanes of at least 4 members (excludes halogenated alkanes) is 18. The predicted molar refractivity (Wildman–Crippen MR) is 242 cm³/mol. The quantitative estimate of drug-likeness (QED) is 0.0527. The average molecular weight is 994 g/mol. The Balaban J connectivity index is 4.40. The van der Waals surface area contributed by atoms with Crippen molar-refractivity contribution >= 4 is 101 Å². The highest BCUT2D eigenvalue weighted by molar-refractivity contribution is 7.65. The molecule has 0 heterocycles. The molecule has 0 N–H and O–H groups in total. The van der Waals surface area contributed by atoms with Crippen LogP contribution in [0.3, 0.4) is 0 Å². The van der Waals surface area contributed by atoms with Crippen LogP contribution < -0.4 is 0 Å². The Labute approximate surface area is 356 Å². The summed E-state index contributed by atoms with van der Waals surface area (Å²) in [6.45, 7) is 18.4. The smallest absolute Gasteiger partial charge is 0.533 e. The lowest BCUT2D eigenvalue weighted by molar-refractivity contribution is 0.224. The van der Waals surface area contributed by atoms with Crippen LogP contribution >= 0.6 is 0 Å². The van der Waals surface area contributed by atoms with Crippen LogP contribution in [0.25, 0.3) is 0 Å². The first-order valence-electron chi connectivity index (χ1n) is 21.2. The Kier molecular flexibility index (Phi) is 33.9. The van der Waals surface area contributed by atoms with Gasteiger partial charge in [-0.3, -0.25) is 0 Å². The van der Waals surface area contributed by atoms with Crippen LogP contribution in [0.4, 0.5) is 0 Å². The monoisotopic (exact) mass is 992 g/mol. The molecule has 326 valence electrons. The van der Waals surface area contributed by atoms with Crippen molar-refractivity contribution < 1.29 is 56.2 Å². The molecule has 0 aliphatic carbocycles. The molecule has 0 bridgehead atoms. The van der Waals surface area contributed by atoms with Crippen molar-refractivity contribution in [3.05, 3.63) is 0 Å². The molecular formula is C31H76O13Si12. The molecule has 25 heteroatoms. The fourth-order valence-electron chi connectivity index (χ4n) is 5.85. The fourth-order valence-corrected chi connectivity index (χ4v) is 75.8. The van der Waals surface area contributed by atoms with Gasteiger partial charge < -0.3 is 56.2 Å². The van der Waals surface area contributed by atoms with E-state index in [4.69, 9.17) is 29.4 Å². The van der Waals surface area contributed by atoms with Crippen LogP contribution in [0, 0.1) is 0 Å². The molecule has 0 fully saturated rings. The molecule has 0 saturated carbocycles. The van der Waals surface area contributed by atoms with Crippen molar-refractivity contribution in [3.63, 3.8) is 0 Å². The van der Waals surface area contributed by atoms with E-state index < -0.39 is 101 Å². The van der Waals surface area contributed by atoms with E-state index in [1.165, 1.54) is 103 Å². The molecule has 1 atom stereocenters. The highest BCUT2D eigenvalue weighted by Crippen LogP contribution is 2.18. The average Bonchev–Trinajstić information content (AvgIpc) is 3.12. The Morgan fingerprint density at radius 2 is 0.911 bits per heavy atom. The van der Waals surface area contributed by atoms with Gasteiger partial charge in [0.05, 0.1) is 0 Å². The summed E-state index contributed by atoms with van der Waals surface area (Å²) < 4.78 is 118. The van der Waals surface area contributed by atoms with E-state index in [9.17, 15) is 26.8 Å². The molecule has 13 nitrogen and oxygen atoms in total. The molecule has 0 aromatic heterocycles. The molecule has 1 unspecified atom stereocenters. The van der Waals surface area contributed by atoms with Gasteiger partial charge in [0.2, 0.25) is 9.28 Å². The van der Waals surface area contributed by atoms with E-state index in [0.717, 1.165) is 25.7 Å². The third-order valence-electron chi connectivity index (χ3n) is 8.86. The van der Waals surface area contributed by atoms with Crippen LogP contribution in [-0.4, -0.2) is 115 Å². The second-order valence-corrected chi connectivity index (χ2v) is 58.8. The first-order chi connectivity index (χ1) is 26.4. The first-order valence-corrected chi connectivity index (χ1v) is 49.8. The van der Waals surface area contributed by atoms with Crippen molar-refractivity contribution in [1.29, 1.82) is 0 Å². The summed E-state index contributed by atoms with van der Waals surface area (Å²) in [7, 11) is -33.0. The molecule has 0 radical (unpaired) electrons. The van der Waals surface area contributed by atoms with Crippen LogP contribution in [-0.2, 0) is 56.2 Å². The minimum absolute atomic E-state index is 0.541. The molecule has 0 rings (SSSR count). The van der Waals surface area contributed by atoms with Crippen molar-refractivity contribution in [2.45, 2.75) is 188 Å². The summed E-state index contributed by atoms with van der Waals surface area (Å²) in [6, 6.07) is 0. The fraction of sp³-hybridized carbons (Fsp3) is 1.00. The van der Waals surface area contributed by atoms with Gasteiger partial charge in [0, 0.05) is 13.2 Å². The molecular weight excluding hydrogens is 917 g/mol. The van der Waals surface area contributed by atoms with E-state index in [0.29, 0.717) is 13.2 Å². The summed E-state index contributed by atoms with van der Waals surface area (Å²) in [5.41, 5.74) is 0. The lowest BCUT2D eigenvalue weighted by Crippen LogP contribution is -2.51. The van der Waals surface area contributed by atoms with Gasteiger partial charge in [-0.25, -0.2) is 0 Å². The summed E-state index contributed by atoms with van der Waals surface area (Å²) in [5, 5.41) is 0. The van der Waals surface area contributed by atoms with Gasteiger partial charge in [-0.2, -0.15) is 0 Å². The molecule has 0 aromatic carbocycles. The molecule has 0 aromatic rings. The van der Waals surface area contributed by atoms with Crippen molar-refractivity contribution in [3.8, 4) is 0 Å². The van der Waals surface area contributed by atoms with Crippen LogP contribution in [0.2, 0.25) is 45.8 Å². The zero-order chi connectivity index (χ0) is 42.5. The number of hydrogen-bond donors (Lipinski definition) is 0. The first kappa shape index (κ1) is 56.8. The summed E-state index contributed by atoms with van der Waals surface area (Å²) in [4.78, 5) is 0. The van der Waals surface area contributed by atoms with E-state index >= 15 is 0 Å². The standard InChI is InChI=1S/C31H76O13Si12/c1-10-12-14-16-18-20-22-24-26-28-30-38-54(4,5)41-46-50(34)52(36)53(37)51(35)49(33)42-47(3)40-45-48(32)43-56(8,9)44-55(6,7)39-31-29-27-25-23-21-19-17-15-13-11-2/h47H,10-31,45-46H2,1-9H3. The maximum Gasteiger partial charge on any atom is 0.533 e. The minimum atomic E-state index is -3.40. The van der Waals surface area contributed by atoms with Gasteiger partial charge >= 0.3 is 82.7 Å². The Hall–Kier alpha value is 0.803. The maximum atomic E-state index is 12.8. The molecule has 0 spiro atoms. The molecule has 0 amide bonds. The van der Waals surface area contributed by atoms with Gasteiger partial charge in [-0.05, 0) is 58.7 Å². The number of rotatable bonds is 40. The van der Waals surface area contributed by atoms with Crippen LogP contribution in [0.1, 0.15) is 142 Å². The third kappa shape index (κ3) is 31.6. The largest absolute Gasteiger partial charge is 0.561 e. The van der Waals surface area contributed by atoms with Crippen LogP contribution in [0.15, 0.2) is 0 Å². The summed E-state index contributed by atoms with van der Waals surface area (Å²) >= 11 is 0. The van der Waals surface area contributed by atoms with Gasteiger partial charge in [-0.1, -0.05) is 129 Å². The third-order valence-corrected chi connectivity index (χ3v) is 63.9. The van der Waals surface area contributed by atoms with E-state index in [2.05, 4.69) is 13.8 Å². The molecule has 56 heavy (non-hydrogen) atoms. The summed E-state index contributed by atoms with van der Waals surface area (Å²) in [5.74, 6) is 0. The van der Waals surface area contributed by atoms with Crippen molar-refractivity contribution in [1.82, 2.24) is 0 Å². The lowest BCUT2D eigenvalue weighted by Gasteiger charge is -2.32. The van der Waals surface area contributed by atoms with Gasteiger partial charge in [0.1, 0.15) is 0 Å².